The van der Waals surface area contributed by atoms with Gasteiger partial charge in [-0.15, -0.1) is 11.3 Å². The van der Waals surface area contributed by atoms with Crippen molar-refractivity contribution in [3.8, 4) is 11.3 Å². The van der Waals surface area contributed by atoms with E-state index in [0.717, 1.165) is 32.8 Å². The molecule has 5 aromatic rings. The molecule has 0 aliphatic rings. The van der Waals surface area contributed by atoms with E-state index in [1.54, 1.807) is 11.3 Å². The lowest BCUT2D eigenvalue weighted by molar-refractivity contribution is 0.849. The fraction of sp³-hybridized carbons (Fsp3) is 0.0833. The zero-order valence-corrected chi connectivity index (χ0v) is 17.1. The van der Waals surface area contributed by atoms with Crippen LogP contribution >= 0.6 is 11.3 Å². The van der Waals surface area contributed by atoms with Crippen LogP contribution in [0.25, 0.3) is 32.9 Å². The fourth-order valence-corrected chi connectivity index (χ4v) is 4.57. The van der Waals surface area contributed by atoms with Crippen molar-refractivity contribution < 1.29 is 0 Å². The summed E-state index contributed by atoms with van der Waals surface area (Å²) in [6, 6.07) is 23.1. The van der Waals surface area contributed by atoms with Crippen LogP contribution in [0, 0.1) is 6.92 Å². The summed E-state index contributed by atoms with van der Waals surface area (Å²) in [5.74, 6) is 0. The van der Waals surface area contributed by atoms with Gasteiger partial charge in [0, 0.05) is 40.2 Å². The third kappa shape index (κ3) is 3.00. The number of aryl methyl sites for hydroxylation is 1. The zero-order chi connectivity index (χ0) is 19.8. The van der Waals surface area contributed by atoms with Crippen LogP contribution in [0.15, 0.2) is 82.2 Å². The highest BCUT2D eigenvalue weighted by atomic mass is 32.1. The summed E-state index contributed by atoms with van der Waals surface area (Å²) in [6.45, 7) is 2.08. The second-order valence-corrected chi connectivity index (χ2v) is 7.76. The first kappa shape index (κ1) is 17.6. The molecule has 0 spiro atoms. The first-order valence-electron chi connectivity index (χ1n) is 9.49. The molecule has 0 bridgehead atoms. The molecule has 3 aromatic carbocycles. The van der Waals surface area contributed by atoms with Crippen LogP contribution in [0.1, 0.15) is 11.3 Å². The number of H-pyrrole nitrogens is 1. The van der Waals surface area contributed by atoms with Gasteiger partial charge in [0.2, 0.25) is 4.80 Å². The molecule has 5 heteroatoms. The lowest BCUT2D eigenvalue weighted by Crippen LogP contribution is -2.11. The molecule has 0 radical (unpaired) electrons. The summed E-state index contributed by atoms with van der Waals surface area (Å²) in [5.41, 5.74) is 5.53. The highest BCUT2D eigenvalue weighted by molar-refractivity contribution is 7.07. The molecule has 0 aliphatic carbocycles. The number of benzene rings is 3. The summed E-state index contributed by atoms with van der Waals surface area (Å²) in [5, 5.41) is 10.6. The maximum absolute atomic E-state index is 4.86. The molecule has 0 unspecified atom stereocenters. The van der Waals surface area contributed by atoms with Crippen LogP contribution in [0.5, 0.6) is 0 Å². The van der Waals surface area contributed by atoms with Gasteiger partial charge in [0.15, 0.2) is 0 Å². The van der Waals surface area contributed by atoms with Gasteiger partial charge in [0.1, 0.15) is 0 Å². The highest BCUT2D eigenvalue weighted by Gasteiger charge is 2.11. The quantitative estimate of drug-likeness (QED) is 0.388. The Morgan fingerprint density at radius 2 is 1.69 bits per heavy atom. The number of thiazole rings is 1. The van der Waals surface area contributed by atoms with Crippen LogP contribution in [-0.4, -0.2) is 22.9 Å². The number of hydrogen-bond acceptors (Lipinski definition) is 3. The van der Waals surface area contributed by atoms with Crippen molar-refractivity contribution in [3.05, 3.63) is 88.2 Å². The highest BCUT2D eigenvalue weighted by Crippen LogP contribution is 2.29. The van der Waals surface area contributed by atoms with Gasteiger partial charge >= 0.3 is 0 Å². The predicted molar refractivity (Wildman–Crippen MR) is 123 cm³/mol. The van der Waals surface area contributed by atoms with Gasteiger partial charge in [-0.25, -0.2) is 4.68 Å². The molecule has 0 fully saturated rings. The number of hydrogen-bond donors (Lipinski definition) is 1. The van der Waals surface area contributed by atoms with Crippen LogP contribution in [0.3, 0.4) is 0 Å². The topological polar surface area (TPSA) is 45.4 Å². The molecule has 0 saturated heterocycles. The SMILES string of the molecule is CN=c1scc(-c2cccc3ccccc23)n1N=Cc1c(C)[nH]c2ccccc12. The van der Waals surface area contributed by atoms with Crippen molar-refractivity contribution >= 4 is 39.2 Å². The third-order valence-corrected chi connectivity index (χ3v) is 6.10. The zero-order valence-electron chi connectivity index (χ0n) is 16.3. The van der Waals surface area contributed by atoms with E-state index < -0.39 is 0 Å². The molecule has 2 heterocycles. The molecule has 0 atom stereocenters. The van der Waals surface area contributed by atoms with Gasteiger partial charge in [-0.05, 0) is 23.8 Å². The monoisotopic (exact) mass is 396 g/mol. The Hall–Kier alpha value is -3.44. The maximum Gasteiger partial charge on any atom is 0.205 e. The summed E-state index contributed by atoms with van der Waals surface area (Å²) in [6.07, 6.45) is 1.93. The number of nitrogens with one attached hydrogen (secondary N) is 1. The standard InChI is InChI=1S/C24H20N4S/c1-16-21(19-11-5-6-13-22(19)27-16)14-26-28-23(15-29-24(28)25-2)20-12-7-9-17-8-3-4-10-18(17)20/h3-15,27H,1-2H3. The lowest BCUT2D eigenvalue weighted by atomic mass is 10.0. The Labute approximate surface area is 172 Å². The maximum atomic E-state index is 4.86. The Bertz CT molecular complexity index is 1430. The first-order valence-corrected chi connectivity index (χ1v) is 10.4. The number of nitrogens with zero attached hydrogens (tertiary/aromatic N) is 3. The van der Waals surface area contributed by atoms with Crippen molar-refractivity contribution in [1.29, 1.82) is 0 Å². The van der Waals surface area contributed by atoms with Crippen molar-refractivity contribution in [2.24, 2.45) is 10.1 Å². The van der Waals surface area contributed by atoms with E-state index in [0.29, 0.717) is 0 Å². The second-order valence-electron chi connectivity index (χ2n) is 6.92. The summed E-state index contributed by atoms with van der Waals surface area (Å²) < 4.78 is 1.94. The number of aromatic amines is 1. The molecular formula is C24H20N4S. The van der Waals surface area contributed by atoms with Crippen molar-refractivity contribution in [1.82, 2.24) is 9.66 Å². The molecular weight excluding hydrogens is 376 g/mol. The van der Waals surface area contributed by atoms with Crippen LogP contribution < -0.4 is 4.80 Å². The minimum Gasteiger partial charge on any atom is -0.358 e. The number of fused-ring (bicyclic) bond motifs is 2. The number of para-hydroxylation sites is 1. The van der Waals surface area contributed by atoms with Gasteiger partial charge in [0.25, 0.3) is 0 Å². The molecule has 1 N–H and O–H groups in total. The average Bonchev–Trinajstić information content (AvgIpc) is 3.31. The van der Waals surface area contributed by atoms with E-state index in [2.05, 4.69) is 82.9 Å². The molecule has 5 rings (SSSR count). The summed E-state index contributed by atoms with van der Waals surface area (Å²) >= 11 is 1.60. The van der Waals surface area contributed by atoms with E-state index in [-0.39, 0.29) is 0 Å². The van der Waals surface area contributed by atoms with E-state index in [4.69, 9.17) is 5.10 Å². The van der Waals surface area contributed by atoms with Gasteiger partial charge < -0.3 is 4.98 Å². The number of aromatic nitrogens is 2. The van der Waals surface area contributed by atoms with Gasteiger partial charge in [-0.2, -0.15) is 5.10 Å². The molecule has 0 aliphatic heterocycles. The Morgan fingerprint density at radius 1 is 0.931 bits per heavy atom. The van der Waals surface area contributed by atoms with E-state index >= 15 is 0 Å². The van der Waals surface area contributed by atoms with Gasteiger partial charge in [-0.1, -0.05) is 60.7 Å². The van der Waals surface area contributed by atoms with Crippen molar-refractivity contribution in [2.45, 2.75) is 6.92 Å². The predicted octanol–water partition coefficient (Wildman–Crippen LogP) is 5.57. The van der Waals surface area contributed by atoms with Gasteiger partial charge in [-0.3, -0.25) is 4.99 Å². The Morgan fingerprint density at radius 3 is 2.55 bits per heavy atom. The Kier molecular flexibility index (Phi) is 4.37. The van der Waals surface area contributed by atoms with E-state index in [1.165, 1.54) is 16.2 Å². The van der Waals surface area contributed by atoms with Crippen LogP contribution in [0.4, 0.5) is 0 Å². The second kappa shape index (κ2) is 7.18. The van der Waals surface area contributed by atoms with Crippen molar-refractivity contribution in [3.63, 3.8) is 0 Å². The minimum absolute atomic E-state index is 0.863. The summed E-state index contributed by atoms with van der Waals surface area (Å²) in [7, 11) is 1.81. The van der Waals surface area contributed by atoms with E-state index in [9.17, 15) is 0 Å². The molecule has 29 heavy (non-hydrogen) atoms. The molecule has 0 saturated carbocycles. The normalized spacial score (nSPS) is 12.6. The number of rotatable bonds is 3. The largest absolute Gasteiger partial charge is 0.358 e. The van der Waals surface area contributed by atoms with Crippen LogP contribution in [-0.2, 0) is 0 Å². The fourth-order valence-electron chi connectivity index (χ4n) is 3.78. The van der Waals surface area contributed by atoms with E-state index in [1.807, 2.05) is 24.0 Å². The molecule has 0 amide bonds. The first-order chi connectivity index (χ1) is 14.3. The minimum atomic E-state index is 0.863. The van der Waals surface area contributed by atoms with Crippen LogP contribution in [0.2, 0.25) is 0 Å². The van der Waals surface area contributed by atoms with Crippen molar-refractivity contribution in [2.75, 3.05) is 7.05 Å². The molecule has 2 aromatic heterocycles. The lowest BCUT2D eigenvalue weighted by Gasteiger charge is -2.07. The third-order valence-electron chi connectivity index (χ3n) is 5.19. The summed E-state index contributed by atoms with van der Waals surface area (Å²) in [4.78, 5) is 8.74. The van der Waals surface area contributed by atoms with Gasteiger partial charge in [0.05, 0.1) is 11.9 Å². The molecule has 4 nitrogen and oxygen atoms in total. The average molecular weight is 397 g/mol. The Balaban J connectivity index is 1.69. The smallest absolute Gasteiger partial charge is 0.205 e. The molecule has 142 valence electrons.